The van der Waals surface area contributed by atoms with Crippen LogP contribution in [0.25, 0.3) is 10.9 Å². The summed E-state index contributed by atoms with van der Waals surface area (Å²) in [5, 5.41) is 5.15. The van der Waals surface area contributed by atoms with Crippen molar-refractivity contribution in [2.24, 2.45) is 5.10 Å². The molecule has 4 aromatic rings. The van der Waals surface area contributed by atoms with Crippen molar-refractivity contribution >= 4 is 23.0 Å². The van der Waals surface area contributed by atoms with E-state index in [1.807, 2.05) is 55.6 Å². The highest BCUT2D eigenvalue weighted by atomic mass is 16.2. The standard InChI is InChI=1S/C25H24N4O2/c1-3-28-17-20(21-10-4-5-12-23(21)28)15-26-27-24(30)22-11-7-13-29(25(22)31)16-19-9-6-8-18(2)14-19/h4-15,17H,3,16H2,1-2H3,(H,27,30)/b26-15-. The number of hydrogen-bond donors (Lipinski definition) is 1. The topological polar surface area (TPSA) is 68.4 Å². The molecule has 1 N–H and O–H groups in total. The zero-order chi connectivity index (χ0) is 21.8. The maximum Gasteiger partial charge on any atom is 0.276 e. The van der Waals surface area contributed by atoms with E-state index in [9.17, 15) is 9.59 Å². The Morgan fingerprint density at radius 2 is 1.90 bits per heavy atom. The normalized spacial score (nSPS) is 11.3. The Bertz CT molecular complexity index is 1330. The number of aromatic nitrogens is 2. The molecule has 0 unspecified atom stereocenters. The van der Waals surface area contributed by atoms with Gasteiger partial charge < -0.3 is 9.13 Å². The number of aryl methyl sites for hydroxylation is 2. The first-order valence-electron chi connectivity index (χ1n) is 10.2. The molecule has 2 aromatic heterocycles. The Balaban J connectivity index is 1.52. The molecule has 0 aliphatic rings. The largest absolute Gasteiger partial charge is 0.347 e. The molecule has 2 aromatic carbocycles. The average molecular weight is 412 g/mol. The molecule has 0 aliphatic heterocycles. The van der Waals surface area contributed by atoms with E-state index in [2.05, 4.69) is 28.1 Å². The minimum atomic E-state index is -0.529. The number of nitrogens with zero attached hydrogens (tertiary/aromatic N) is 3. The van der Waals surface area contributed by atoms with E-state index in [4.69, 9.17) is 0 Å². The van der Waals surface area contributed by atoms with Crippen molar-refractivity contribution in [2.75, 3.05) is 0 Å². The number of pyridine rings is 1. The number of amides is 1. The quantitative estimate of drug-likeness (QED) is 0.385. The van der Waals surface area contributed by atoms with Crippen LogP contribution in [0.5, 0.6) is 0 Å². The fourth-order valence-corrected chi connectivity index (χ4v) is 3.70. The van der Waals surface area contributed by atoms with Gasteiger partial charge in [-0.25, -0.2) is 5.43 Å². The lowest BCUT2D eigenvalue weighted by Crippen LogP contribution is -2.30. The summed E-state index contributed by atoms with van der Waals surface area (Å²) >= 11 is 0. The second-order valence-electron chi connectivity index (χ2n) is 7.43. The third-order valence-electron chi connectivity index (χ3n) is 5.23. The summed E-state index contributed by atoms with van der Waals surface area (Å²) in [5.74, 6) is -0.529. The van der Waals surface area contributed by atoms with Gasteiger partial charge in [0.15, 0.2) is 0 Å². The van der Waals surface area contributed by atoms with E-state index in [1.165, 1.54) is 10.6 Å². The molecule has 1 amide bonds. The van der Waals surface area contributed by atoms with Crippen LogP contribution in [0.3, 0.4) is 0 Å². The zero-order valence-electron chi connectivity index (χ0n) is 17.6. The summed E-state index contributed by atoms with van der Waals surface area (Å²) in [6.45, 7) is 5.32. The van der Waals surface area contributed by atoms with Gasteiger partial charge in [-0.05, 0) is 37.6 Å². The smallest absolute Gasteiger partial charge is 0.276 e. The molecule has 6 heteroatoms. The van der Waals surface area contributed by atoms with Crippen molar-refractivity contribution in [3.8, 4) is 0 Å². The van der Waals surface area contributed by atoms with Crippen LogP contribution < -0.4 is 11.0 Å². The lowest BCUT2D eigenvalue weighted by atomic mass is 10.1. The molecule has 6 nitrogen and oxygen atoms in total. The monoisotopic (exact) mass is 412 g/mol. The fraction of sp³-hybridized carbons (Fsp3) is 0.160. The van der Waals surface area contributed by atoms with E-state index in [-0.39, 0.29) is 11.1 Å². The summed E-state index contributed by atoms with van der Waals surface area (Å²) in [6, 6.07) is 19.2. The van der Waals surface area contributed by atoms with Crippen LogP contribution in [-0.2, 0) is 13.1 Å². The molecule has 0 spiro atoms. The summed E-state index contributed by atoms with van der Waals surface area (Å²) in [6.07, 6.45) is 5.29. The highest BCUT2D eigenvalue weighted by molar-refractivity contribution is 6.00. The molecule has 2 heterocycles. The lowest BCUT2D eigenvalue weighted by molar-refractivity contribution is 0.0953. The molecule has 4 rings (SSSR count). The maximum absolute atomic E-state index is 12.8. The molecule has 0 aliphatic carbocycles. The number of hydrazone groups is 1. The number of carbonyl (C=O) groups excluding carboxylic acids is 1. The van der Waals surface area contributed by atoms with Gasteiger partial charge in [0.05, 0.1) is 12.8 Å². The average Bonchev–Trinajstić information content (AvgIpc) is 3.13. The van der Waals surface area contributed by atoms with Crippen LogP contribution in [0.4, 0.5) is 0 Å². The Morgan fingerprint density at radius 1 is 1.06 bits per heavy atom. The van der Waals surface area contributed by atoms with Crippen LogP contribution in [-0.4, -0.2) is 21.3 Å². The molecule has 31 heavy (non-hydrogen) atoms. The number of fused-ring (bicyclic) bond motifs is 1. The van der Waals surface area contributed by atoms with Crippen LogP contribution in [0.15, 0.2) is 83.0 Å². The first kappa shape index (κ1) is 20.3. The van der Waals surface area contributed by atoms with Crippen molar-refractivity contribution < 1.29 is 4.79 Å². The number of hydrogen-bond acceptors (Lipinski definition) is 3. The van der Waals surface area contributed by atoms with Gasteiger partial charge in [-0.3, -0.25) is 9.59 Å². The maximum atomic E-state index is 12.8. The highest BCUT2D eigenvalue weighted by Crippen LogP contribution is 2.19. The third-order valence-corrected chi connectivity index (χ3v) is 5.23. The summed E-state index contributed by atoms with van der Waals surface area (Å²) in [5.41, 5.74) is 6.34. The number of benzene rings is 2. The Kier molecular flexibility index (Phi) is 5.80. The van der Waals surface area contributed by atoms with Gasteiger partial charge >= 0.3 is 0 Å². The van der Waals surface area contributed by atoms with Gasteiger partial charge in [0.25, 0.3) is 11.5 Å². The second kappa shape index (κ2) is 8.83. The highest BCUT2D eigenvalue weighted by Gasteiger charge is 2.12. The van der Waals surface area contributed by atoms with Crippen LogP contribution >= 0.6 is 0 Å². The van der Waals surface area contributed by atoms with Crippen LogP contribution in [0.1, 0.15) is 34.0 Å². The molecular weight excluding hydrogens is 388 g/mol. The van der Waals surface area contributed by atoms with Gasteiger partial charge in [-0.2, -0.15) is 5.10 Å². The lowest BCUT2D eigenvalue weighted by Gasteiger charge is -2.08. The predicted octanol–water partition coefficient (Wildman–Crippen LogP) is 3.94. The van der Waals surface area contributed by atoms with Crippen molar-refractivity contribution in [3.05, 3.63) is 106 Å². The number of para-hydroxylation sites is 1. The molecular formula is C25H24N4O2. The number of nitrogens with one attached hydrogen (secondary N) is 1. The first-order chi connectivity index (χ1) is 15.1. The SMILES string of the molecule is CCn1cc(/C=N\NC(=O)c2cccn(Cc3cccc(C)c3)c2=O)c2ccccc21. The van der Waals surface area contributed by atoms with E-state index in [0.29, 0.717) is 6.54 Å². The van der Waals surface area contributed by atoms with Gasteiger partial charge in [-0.1, -0.05) is 48.0 Å². The van der Waals surface area contributed by atoms with Gasteiger partial charge in [0.2, 0.25) is 0 Å². The third kappa shape index (κ3) is 4.33. The van der Waals surface area contributed by atoms with Gasteiger partial charge in [0, 0.05) is 35.4 Å². The molecule has 0 bridgehead atoms. The molecule has 0 radical (unpaired) electrons. The van der Waals surface area contributed by atoms with Crippen LogP contribution in [0.2, 0.25) is 0 Å². The summed E-state index contributed by atoms with van der Waals surface area (Å²) < 4.78 is 3.65. The van der Waals surface area contributed by atoms with Gasteiger partial charge in [0.1, 0.15) is 5.56 Å². The Morgan fingerprint density at radius 3 is 2.71 bits per heavy atom. The Hall–Kier alpha value is -3.93. The van der Waals surface area contributed by atoms with Crippen molar-refractivity contribution in [3.63, 3.8) is 0 Å². The van der Waals surface area contributed by atoms with E-state index < -0.39 is 5.91 Å². The van der Waals surface area contributed by atoms with Crippen LogP contribution in [0, 0.1) is 6.92 Å². The Labute approximate surface area is 180 Å². The second-order valence-corrected chi connectivity index (χ2v) is 7.43. The molecule has 0 fully saturated rings. The molecule has 0 saturated carbocycles. The molecule has 156 valence electrons. The van der Waals surface area contributed by atoms with E-state index >= 15 is 0 Å². The van der Waals surface area contributed by atoms with Crippen molar-refractivity contribution in [1.29, 1.82) is 0 Å². The van der Waals surface area contributed by atoms with E-state index in [0.717, 1.165) is 34.1 Å². The van der Waals surface area contributed by atoms with E-state index in [1.54, 1.807) is 18.5 Å². The summed E-state index contributed by atoms with van der Waals surface area (Å²) in [4.78, 5) is 25.4. The minimum absolute atomic E-state index is 0.0586. The molecule has 0 saturated heterocycles. The molecule has 0 atom stereocenters. The fourth-order valence-electron chi connectivity index (χ4n) is 3.70. The summed E-state index contributed by atoms with van der Waals surface area (Å²) in [7, 11) is 0. The van der Waals surface area contributed by atoms with Gasteiger partial charge in [-0.15, -0.1) is 0 Å². The number of carbonyl (C=O) groups is 1. The zero-order valence-corrected chi connectivity index (χ0v) is 17.6. The minimum Gasteiger partial charge on any atom is -0.347 e. The van der Waals surface area contributed by atoms with Crippen molar-refractivity contribution in [2.45, 2.75) is 26.9 Å². The predicted molar refractivity (Wildman–Crippen MR) is 124 cm³/mol. The first-order valence-corrected chi connectivity index (χ1v) is 10.2. The van der Waals surface area contributed by atoms with Crippen molar-refractivity contribution in [1.82, 2.24) is 14.6 Å². The number of rotatable bonds is 6.